The Balaban J connectivity index is 2.31. The average molecular weight is 237 g/mol. The fourth-order valence-electron chi connectivity index (χ4n) is 2.12. The van der Waals surface area contributed by atoms with Crippen LogP contribution in [0.5, 0.6) is 0 Å². The summed E-state index contributed by atoms with van der Waals surface area (Å²) in [5.41, 5.74) is 3.33. The molecule has 0 aliphatic rings. The van der Waals surface area contributed by atoms with E-state index in [1.165, 1.54) is 16.3 Å². The topological polar surface area (TPSA) is 3.24 Å². The predicted molar refractivity (Wildman–Crippen MR) is 79.1 cm³/mol. The van der Waals surface area contributed by atoms with Crippen LogP contribution in [0.3, 0.4) is 0 Å². The predicted octanol–water partition coefficient (Wildman–Crippen LogP) is 4.71. The minimum absolute atomic E-state index is 0.829. The Bertz CT molecular complexity index is 581. The third-order valence-electron chi connectivity index (χ3n) is 3.08. The summed E-state index contributed by atoms with van der Waals surface area (Å²) in [5, 5.41) is 2.55. The molecule has 0 unspecified atom stereocenters. The van der Waals surface area contributed by atoms with Crippen molar-refractivity contribution >= 4 is 10.8 Å². The van der Waals surface area contributed by atoms with Crippen LogP contribution in [0, 0.1) is 0 Å². The van der Waals surface area contributed by atoms with E-state index < -0.39 is 0 Å². The van der Waals surface area contributed by atoms with Gasteiger partial charge in [-0.05, 0) is 36.2 Å². The molecule has 0 atom stereocenters. The third-order valence-corrected chi connectivity index (χ3v) is 3.08. The largest absolute Gasteiger partial charge is 0.346 e. The van der Waals surface area contributed by atoms with Crippen molar-refractivity contribution in [2.75, 3.05) is 0 Å². The second-order valence-electron chi connectivity index (χ2n) is 4.74. The second-order valence-corrected chi connectivity index (χ2v) is 4.74. The molecule has 1 heteroatoms. The van der Waals surface area contributed by atoms with E-state index in [4.69, 9.17) is 0 Å². The summed E-state index contributed by atoms with van der Waals surface area (Å²) in [7, 11) is 0. The number of hydrogen-bond acceptors (Lipinski definition) is 1. The Kier molecular flexibility index (Phi) is 3.52. The molecule has 0 saturated carbocycles. The van der Waals surface area contributed by atoms with Gasteiger partial charge >= 0.3 is 0 Å². The molecule has 92 valence electrons. The van der Waals surface area contributed by atoms with E-state index in [2.05, 4.69) is 60.5 Å². The fraction of sp³-hybridized carbons (Fsp3) is 0.176. The molecule has 0 spiro atoms. The molecule has 18 heavy (non-hydrogen) atoms. The zero-order valence-corrected chi connectivity index (χ0v) is 11.1. The van der Waals surface area contributed by atoms with Gasteiger partial charge in [0.1, 0.15) is 0 Å². The molecule has 0 fully saturated rings. The van der Waals surface area contributed by atoms with E-state index in [0.717, 1.165) is 17.9 Å². The van der Waals surface area contributed by atoms with Gasteiger partial charge in [-0.25, -0.2) is 0 Å². The Morgan fingerprint density at radius 1 is 0.944 bits per heavy atom. The molecular formula is C17H19N. The van der Waals surface area contributed by atoms with E-state index in [1.807, 2.05) is 13.8 Å². The van der Waals surface area contributed by atoms with Gasteiger partial charge in [-0.2, -0.15) is 0 Å². The average Bonchev–Trinajstić information content (AvgIpc) is 2.35. The first-order chi connectivity index (χ1) is 8.58. The highest BCUT2D eigenvalue weighted by atomic mass is 15.1. The smallest absolute Gasteiger partial charge is 0.0474 e. The molecule has 2 rings (SSSR count). The lowest BCUT2D eigenvalue weighted by molar-refractivity contribution is 0.426. The maximum absolute atomic E-state index is 4.00. The number of allylic oxidation sites excluding steroid dienone is 2. The molecular weight excluding hydrogens is 218 g/mol. The molecule has 0 N–H and O–H groups in total. The van der Waals surface area contributed by atoms with Gasteiger partial charge in [0.15, 0.2) is 0 Å². The molecule has 0 saturated heterocycles. The van der Waals surface area contributed by atoms with Crippen molar-refractivity contribution in [1.82, 2.24) is 4.90 Å². The first-order valence-electron chi connectivity index (χ1n) is 6.14. The molecule has 0 aromatic heterocycles. The van der Waals surface area contributed by atoms with Crippen LogP contribution >= 0.6 is 0 Å². The molecule has 2 aromatic rings. The van der Waals surface area contributed by atoms with Gasteiger partial charge in [0.25, 0.3) is 0 Å². The van der Waals surface area contributed by atoms with Crippen LogP contribution < -0.4 is 0 Å². The van der Waals surface area contributed by atoms with Crippen LogP contribution in [0.25, 0.3) is 10.8 Å². The molecule has 0 aliphatic heterocycles. The fourth-order valence-corrected chi connectivity index (χ4v) is 2.12. The lowest BCUT2D eigenvalue weighted by atomic mass is 10.1. The van der Waals surface area contributed by atoms with Gasteiger partial charge in [-0.15, -0.1) is 0 Å². The zero-order chi connectivity index (χ0) is 13.1. The van der Waals surface area contributed by atoms with Crippen molar-refractivity contribution in [3.05, 3.63) is 72.6 Å². The number of fused-ring (bicyclic) bond motifs is 1. The third kappa shape index (κ3) is 2.62. The van der Waals surface area contributed by atoms with E-state index >= 15 is 0 Å². The van der Waals surface area contributed by atoms with Crippen LogP contribution in [0.15, 0.2) is 67.0 Å². The summed E-state index contributed by atoms with van der Waals surface area (Å²) in [6.45, 7) is 12.8. The van der Waals surface area contributed by atoms with Crippen molar-refractivity contribution in [1.29, 1.82) is 0 Å². The van der Waals surface area contributed by atoms with E-state index in [0.29, 0.717) is 0 Å². The number of benzene rings is 2. The summed E-state index contributed by atoms with van der Waals surface area (Å²) >= 11 is 0. The summed E-state index contributed by atoms with van der Waals surface area (Å²) in [6, 6.07) is 15.0. The van der Waals surface area contributed by atoms with Gasteiger partial charge in [-0.3, -0.25) is 0 Å². The highest BCUT2D eigenvalue weighted by molar-refractivity contribution is 5.82. The quantitative estimate of drug-likeness (QED) is 0.744. The maximum Gasteiger partial charge on any atom is 0.0474 e. The Labute approximate surface area is 109 Å². The van der Waals surface area contributed by atoms with Crippen LogP contribution in [0.2, 0.25) is 0 Å². The Morgan fingerprint density at radius 3 is 2.17 bits per heavy atom. The molecule has 0 aliphatic carbocycles. The minimum Gasteiger partial charge on any atom is -0.346 e. The number of nitrogens with zero attached hydrogens (tertiary/aromatic N) is 1. The Morgan fingerprint density at radius 2 is 1.56 bits per heavy atom. The summed E-state index contributed by atoms with van der Waals surface area (Å²) in [6.07, 6.45) is 0. The van der Waals surface area contributed by atoms with Crippen LogP contribution in [0.1, 0.15) is 19.4 Å². The lowest BCUT2D eigenvalue weighted by Crippen LogP contribution is -2.17. The number of rotatable bonds is 4. The van der Waals surface area contributed by atoms with Crippen molar-refractivity contribution in [2.24, 2.45) is 0 Å². The summed E-state index contributed by atoms with van der Waals surface area (Å²) in [5.74, 6) is 0. The summed E-state index contributed by atoms with van der Waals surface area (Å²) < 4.78 is 0. The SMILES string of the molecule is C=C(C)N(Cc1ccc2ccccc2c1)C(=C)C. The van der Waals surface area contributed by atoms with E-state index in [1.54, 1.807) is 0 Å². The van der Waals surface area contributed by atoms with Crippen molar-refractivity contribution in [3.63, 3.8) is 0 Å². The maximum atomic E-state index is 4.00. The van der Waals surface area contributed by atoms with Crippen LogP contribution in [-0.2, 0) is 6.54 Å². The van der Waals surface area contributed by atoms with Crippen LogP contribution in [-0.4, -0.2) is 4.90 Å². The number of hydrogen-bond donors (Lipinski definition) is 0. The Hall–Kier alpha value is -2.02. The van der Waals surface area contributed by atoms with Crippen LogP contribution in [0.4, 0.5) is 0 Å². The highest BCUT2D eigenvalue weighted by Crippen LogP contribution is 2.19. The first-order valence-corrected chi connectivity index (χ1v) is 6.14. The van der Waals surface area contributed by atoms with Gasteiger partial charge in [0.2, 0.25) is 0 Å². The van der Waals surface area contributed by atoms with Crippen molar-refractivity contribution in [2.45, 2.75) is 20.4 Å². The molecule has 2 aromatic carbocycles. The monoisotopic (exact) mass is 237 g/mol. The normalized spacial score (nSPS) is 10.3. The van der Waals surface area contributed by atoms with Gasteiger partial charge in [-0.1, -0.05) is 49.6 Å². The van der Waals surface area contributed by atoms with Gasteiger partial charge in [0, 0.05) is 17.9 Å². The minimum atomic E-state index is 0.829. The highest BCUT2D eigenvalue weighted by Gasteiger charge is 2.06. The zero-order valence-electron chi connectivity index (χ0n) is 11.1. The van der Waals surface area contributed by atoms with Crippen molar-refractivity contribution in [3.8, 4) is 0 Å². The molecule has 1 nitrogen and oxygen atoms in total. The summed E-state index contributed by atoms with van der Waals surface area (Å²) in [4.78, 5) is 2.13. The molecule has 0 bridgehead atoms. The lowest BCUT2D eigenvalue weighted by Gasteiger charge is -2.25. The standard InChI is InChI=1S/C17H19N/c1-13(2)18(14(3)4)12-15-9-10-16-7-5-6-8-17(16)11-15/h5-11H,1,3,12H2,2,4H3. The van der Waals surface area contributed by atoms with Gasteiger partial charge < -0.3 is 4.90 Å². The van der Waals surface area contributed by atoms with E-state index in [-0.39, 0.29) is 0 Å². The molecule has 0 amide bonds. The first kappa shape index (κ1) is 12.4. The molecule has 0 heterocycles. The van der Waals surface area contributed by atoms with E-state index in [9.17, 15) is 0 Å². The molecule has 0 radical (unpaired) electrons. The van der Waals surface area contributed by atoms with Crippen molar-refractivity contribution < 1.29 is 0 Å². The second kappa shape index (κ2) is 5.09. The van der Waals surface area contributed by atoms with Gasteiger partial charge in [0.05, 0.1) is 0 Å².